The summed E-state index contributed by atoms with van der Waals surface area (Å²) in [5.41, 5.74) is 1.96. The number of sulfonamides is 1. The third kappa shape index (κ3) is 4.29. The lowest BCUT2D eigenvalue weighted by molar-refractivity contribution is 0.346. The summed E-state index contributed by atoms with van der Waals surface area (Å²) in [5, 5.41) is 1.60. The van der Waals surface area contributed by atoms with Crippen molar-refractivity contribution in [2.45, 2.75) is 24.2 Å². The second-order valence-electron chi connectivity index (χ2n) is 8.44. The predicted molar refractivity (Wildman–Crippen MR) is 130 cm³/mol. The molecule has 0 atom stereocenters. The van der Waals surface area contributed by atoms with Gasteiger partial charge in [0.1, 0.15) is 5.82 Å². The van der Waals surface area contributed by atoms with Crippen molar-refractivity contribution in [3.63, 3.8) is 0 Å². The quantitative estimate of drug-likeness (QED) is 0.566. The number of piperazine rings is 1. The molecule has 5 rings (SSSR count). The second-order valence-corrected chi connectivity index (χ2v) is 10.8. The Balaban J connectivity index is 1.32. The number of hydrogen-bond acceptors (Lipinski definition) is 5. The molecule has 0 amide bonds. The molecule has 0 bridgehead atoms. The molecule has 0 N–H and O–H groups in total. The van der Waals surface area contributed by atoms with E-state index < -0.39 is 10.0 Å². The van der Waals surface area contributed by atoms with E-state index in [4.69, 9.17) is 16.6 Å². The Morgan fingerprint density at radius 2 is 1.53 bits per heavy atom. The van der Waals surface area contributed by atoms with Crippen LogP contribution in [0.15, 0.2) is 59.5 Å². The van der Waals surface area contributed by atoms with E-state index in [1.807, 2.05) is 36.4 Å². The first-order chi connectivity index (χ1) is 15.5. The van der Waals surface area contributed by atoms with E-state index in [2.05, 4.69) is 15.9 Å². The Morgan fingerprint density at radius 3 is 2.28 bits per heavy atom. The molecule has 2 aliphatic rings. The fourth-order valence-corrected chi connectivity index (χ4v) is 6.29. The van der Waals surface area contributed by atoms with Gasteiger partial charge in [0, 0.05) is 55.4 Å². The number of pyridine rings is 1. The molecule has 2 aliphatic heterocycles. The predicted octanol–water partition coefficient (Wildman–Crippen LogP) is 4.39. The van der Waals surface area contributed by atoms with E-state index in [1.165, 1.54) is 0 Å². The maximum atomic E-state index is 13.0. The standard InChI is InChI=1S/C24H27ClN4O2S/c25-20-5-4-6-21(18-20)27-13-15-28(16-14-27)24-10-7-19-17-22(8-9-23(19)26-24)32(30,31)29-11-2-1-3-12-29/h4-10,17-18H,1-3,11-16H2. The first-order valence-corrected chi connectivity index (χ1v) is 13.0. The molecule has 168 valence electrons. The number of fused-ring (bicyclic) bond motifs is 1. The van der Waals surface area contributed by atoms with Gasteiger partial charge in [-0.15, -0.1) is 0 Å². The number of anilines is 2. The molecule has 0 unspecified atom stereocenters. The van der Waals surface area contributed by atoms with Crippen molar-refractivity contribution in [1.29, 1.82) is 0 Å². The van der Waals surface area contributed by atoms with Gasteiger partial charge in [-0.05, 0) is 61.4 Å². The summed E-state index contributed by atoms with van der Waals surface area (Å²) in [6.07, 6.45) is 2.97. The van der Waals surface area contributed by atoms with Gasteiger partial charge in [-0.2, -0.15) is 4.31 Å². The highest BCUT2D eigenvalue weighted by molar-refractivity contribution is 7.89. The Morgan fingerprint density at radius 1 is 0.781 bits per heavy atom. The van der Waals surface area contributed by atoms with E-state index >= 15 is 0 Å². The van der Waals surface area contributed by atoms with Crippen molar-refractivity contribution in [2.24, 2.45) is 0 Å². The first-order valence-electron chi connectivity index (χ1n) is 11.2. The monoisotopic (exact) mass is 470 g/mol. The molecule has 2 saturated heterocycles. The molecule has 6 nitrogen and oxygen atoms in total. The van der Waals surface area contributed by atoms with Crippen LogP contribution in [0.4, 0.5) is 11.5 Å². The highest BCUT2D eigenvalue weighted by Crippen LogP contribution is 2.27. The molecule has 0 saturated carbocycles. The highest BCUT2D eigenvalue weighted by Gasteiger charge is 2.26. The molecular weight excluding hydrogens is 444 g/mol. The van der Waals surface area contributed by atoms with Crippen molar-refractivity contribution in [3.05, 3.63) is 59.6 Å². The summed E-state index contributed by atoms with van der Waals surface area (Å²) in [6.45, 7) is 4.75. The largest absolute Gasteiger partial charge is 0.368 e. The molecular formula is C24H27ClN4O2S. The third-order valence-electron chi connectivity index (χ3n) is 6.38. The average Bonchev–Trinajstić information content (AvgIpc) is 2.84. The summed E-state index contributed by atoms with van der Waals surface area (Å²) in [5.74, 6) is 0.926. The minimum atomic E-state index is -3.44. The zero-order valence-corrected chi connectivity index (χ0v) is 19.5. The molecule has 2 fully saturated rings. The lowest BCUT2D eigenvalue weighted by Gasteiger charge is -2.36. The van der Waals surface area contributed by atoms with Crippen LogP contribution >= 0.6 is 11.6 Å². The summed E-state index contributed by atoms with van der Waals surface area (Å²) in [7, 11) is -3.44. The fraction of sp³-hybridized carbons (Fsp3) is 0.375. The lowest BCUT2D eigenvalue weighted by Crippen LogP contribution is -2.46. The van der Waals surface area contributed by atoms with Crippen LogP contribution in [0.5, 0.6) is 0 Å². The van der Waals surface area contributed by atoms with Crippen LogP contribution in [0, 0.1) is 0 Å². The molecule has 32 heavy (non-hydrogen) atoms. The summed E-state index contributed by atoms with van der Waals surface area (Å²) >= 11 is 6.14. The molecule has 8 heteroatoms. The van der Waals surface area contributed by atoms with Crippen LogP contribution in [0.25, 0.3) is 10.9 Å². The van der Waals surface area contributed by atoms with Gasteiger partial charge >= 0.3 is 0 Å². The van der Waals surface area contributed by atoms with E-state index in [0.717, 1.165) is 72.9 Å². The number of rotatable bonds is 4. The van der Waals surface area contributed by atoms with Crippen molar-refractivity contribution < 1.29 is 8.42 Å². The minimum absolute atomic E-state index is 0.358. The zero-order chi connectivity index (χ0) is 22.1. The topological polar surface area (TPSA) is 56.8 Å². The van der Waals surface area contributed by atoms with Crippen molar-refractivity contribution in [3.8, 4) is 0 Å². The van der Waals surface area contributed by atoms with Crippen LogP contribution in [0.1, 0.15) is 19.3 Å². The van der Waals surface area contributed by atoms with Crippen LogP contribution in [0.3, 0.4) is 0 Å². The molecule has 3 heterocycles. The van der Waals surface area contributed by atoms with Crippen LogP contribution < -0.4 is 9.80 Å². The minimum Gasteiger partial charge on any atom is -0.368 e. The smallest absolute Gasteiger partial charge is 0.243 e. The number of aromatic nitrogens is 1. The molecule has 2 aromatic carbocycles. The summed E-state index contributed by atoms with van der Waals surface area (Å²) in [6, 6.07) is 17.2. The molecule has 3 aromatic rings. The Hall–Kier alpha value is -2.35. The van der Waals surface area contributed by atoms with E-state index in [0.29, 0.717) is 18.0 Å². The van der Waals surface area contributed by atoms with Crippen molar-refractivity contribution in [2.75, 3.05) is 49.1 Å². The van der Waals surface area contributed by atoms with E-state index in [9.17, 15) is 8.42 Å². The summed E-state index contributed by atoms with van der Waals surface area (Å²) < 4.78 is 27.6. The van der Waals surface area contributed by atoms with Gasteiger partial charge in [0.15, 0.2) is 0 Å². The summed E-state index contributed by atoms with van der Waals surface area (Å²) in [4.78, 5) is 9.79. The van der Waals surface area contributed by atoms with Gasteiger partial charge in [-0.1, -0.05) is 24.1 Å². The molecule has 0 spiro atoms. The maximum Gasteiger partial charge on any atom is 0.243 e. The fourth-order valence-electron chi connectivity index (χ4n) is 4.55. The van der Waals surface area contributed by atoms with Gasteiger partial charge in [0.25, 0.3) is 0 Å². The van der Waals surface area contributed by atoms with Gasteiger partial charge in [0.05, 0.1) is 10.4 Å². The van der Waals surface area contributed by atoms with Crippen LogP contribution in [-0.4, -0.2) is 57.0 Å². The number of benzene rings is 2. The van der Waals surface area contributed by atoms with Crippen LogP contribution in [-0.2, 0) is 10.0 Å². The number of halogens is 1. The first kappa shape index (κ1) is 21.5. The van der Waals surface area contributed by atoms with Gasteiger partial charge in [-0.3, -0.25) is 0 Å². The normalized spacial score (nSPS) is 18.3. The van der Waals surface area contributed by atoms with Gasteiger partial charge in [-0.25, -0.2) is 13.4 Å². The highest BCUT2D eigenvalue weighted by atomic mass is 35.5. The molecule has 1 aromatic heterocycles. The number of hydrogen-bond donors (Lipinski definition) is 0. The lowest BCUT2D eigenvalue weighted by atomic mass is 10.2. The van der Waals surface area contributed by atoms with Crippen molar-refractivity contribution >= 4 is 44.0 Å². The van der Waals surface area contributed by atoms with Gasteiger partial charge < -0.3 is 9.80 Å². The zero-order valence-electron chi connectivity index (χ0n) is 18.0. The average molecular weight is 471 g/mol. The molecule has 0 radical (unpaired) electrons. The second kappa shape index (κ2) is 8.89. The molecule has 0 aliphatic carbocycles. The number of piperidine rings is 1. The Kier molecular flexibility index (Phi) is 5.97. The van der Waals surface area contributed by atoms with Gasteiger partial charge in [0.2, 0.25) is 10.0 Å². The SMILES string of the molecule is O=S(=O)(c1ccc2nc(N3CCN(c4cccc(Cl)c4)CC3)ccc2c1)N1CCCCC1. The van der Waals surface area contributed by atoms with E-state index in [-0.39, 0.29) is 0 Å². The Labute approximate surface area is 194 Å². The maximum absolute atomic E-state index is 13.0. The van der Waals surface area contributed by atoms with E-state index in [1.54, 1.807) is 16.4 Å². The van der Waals surface area contributed by atoms with Crippen LogP contribution in [0.2, 0.25) is 5.02 Å². The third-order valence-corrected chi connectivity index (χ3v) is 8.51. The number of nitrogens with zero attached hydrogens (tertiary/aromatic N) is 4. The Bertz CT molecular complexity index is 1220. The van der Waals surface area contributed by atoms with Crippen molar-refractivity contribution in [1.82, 2.24) is 9.29 Å².